The maximum atomic E-state index is 11.8. The quantitative estimate of drug-likeness (QED) is 0.743. The van der Waals surface area contributed by atoms with E-state index in [1.54, 1.807) is 6.92 Å². The van der Waals surface area contributed by atoms with Crippen molar-refractivity contribution in [2.45, 2.75) is 31.6 Å². The molecule has 5 nitrogen and oxygen atoms in total. The molecule has 0 spiro atoms. The summed E-state index contributed by atoms with van der Waals surface area (Å²) >= 11 is 0. The number of carbonyl (C=O) groups excluding carboxylic acids is 1. The van der Waals surface area contributed by atoms with Crippen LogP contribution in [-0.4, -0.2) is 57.1 Å². The van der Waals surface area contributed by atoms with E-state index in [1.807, 2.05) is 0 Å². The molecule has 0 saturated carbocycles. The first-order chi connectivity index (χ1) is 8.87. The largest absolute Gasteiger partial charge is 0.411 e. The molecule has 0 aromatic rings. The van der Waals surface area contributed by atoms with Gasteiger partial charge in [-0.3, -0.25) is 4.79 Å². The summed E-state index contributed by atoms with van der Waals surface area (Å²) in [7, 11) is 0. The molecule has 2 atom stereocenters. The molecule has 19 heavy (non-hydrogen) atoms. The van der Waals surface area contributed by atoms with Gasteiger partial charge >= 0.3 is 6.18 Å². The normalized spacial score (nSPS) is 22.0. The van der Waals surface area contributed by atoms with Crippen molar-refractivity contribution >= 4 is 5.91 Å². The number of rotatable bonds is 6. The fourth-order valence-electron chi connectivity index (χ4n) is 1.70. The Bertz CT molecular complexity index is 281. The molecule has 1 aliphatic heterocycles. The van der Waals surface area contributed by atoms with Gasteiger partial charge in [-0.25, -0.2) is 0 Å². The second-order valence-corrected chi connectivity index (χ2v) is 4.53. The number of nitrogens with one attached hydrogen (secondary N) is 2. The lowest BCUT2D eigenvalue weighted by Gasteiger charge is -2.24. The van der Waals surface area contributed by atoms with Crippen molar-refractivity contribution in [3.63, 3.8) is 0 Å². The van der Waals surface area contributed by atoms with Gasteiger partial charge in [0.15, 0.2) is 0 Å². The van der Waals surface area contributed by atoms with E-state index < -0.39 is 18.8 Å². The van der Waals surface area contributed by atoms with Crippen molar-refractivity contribution in [2.75, 3.05) is 33.0 Å². The number of hydrogen-bond acceptors (Lipinski definition) is 4. The van der Waals surface area contributed by atoms with Gasteiger partial charge in [-0.1, -0.05) is 0 Å². The Morgan fingerprint density at radius 3 is 2.89 bits per heavy atom. The number of alkyl halides is 3. The summed E-state index contributed by atoms with van der Waals surface area (Å²) in [6, 6.07) is -0.503. The average Bonchev–Trinajstić information content (AvgIpc) is 2.28. The summed E-state index contributed by atoms with van der Waals surface area (Å²) in [5.74, 6) is -0.230. The number of carbonyl (C=O) groups is 1. The third-order valence-electron chi connectivity index (χ3n) is 2.47. The standard InChI is InChI=1S/C11H19F3N2O3/c1-8(5-19-7-11(12,13)14)16-10(17)4-9-6-18-3-2-15-9/h8-9,15H,2-7H2,1H3,(H,16,17). The summed E-state index contributed by atoms with van der Waals surface area (Å²) in [5, 5.41) is 5.71. The molecule has 2 N–H and O–H groups in total. The highest BCUT2D eigenvalue weighted by molar-refractivity contribution is 5.76. The highest BCUT2D eigenvalue weighted by atomic mass is 19.4. The number of halogens is 3. The van der Waals surface area contributed by atoms with Gasteiger partial charge < -0.3 is 20.1 Å². The van der Waals surface area contributed by atoms with Crippen LogP contribution in [-0.2, 0) is 14.3 Å². The Morgan fingerprint density at radius 1 is 1.58 bits per heavy atom. The van der Waals surface area contributed by atoms with Crippen molar-refractivity contribution in [1.29, 1.82) is 0 Å². The Morgan fingerprint density at radius 2 is 2.32 bits per heavy atom. The molecule has 1 amide bonds. The minimum Gasteiger partial charge on any atom is -0.378 e. The topological polar surface area (TPSA) is 59.6 Å². The molecule has 112 valence electrons. The molecule has 8 heteroatoms. The van der Waals surface area contributed by atoms with Gasteiger partial charge in [-0.15, -0.1) is 0 Å². The van der Waals surface area contributed by atoms with Crippen molar-refractivity contribution in [3.05, 3.63) is 0 Å². The maximum absolute atomic E-state index is 11.8. The predicted octanol–water partition coefficient (Wildman–Crippen LogP) is 0.448. The first-order valence-electron chi connectivity index (χ1n) is 6.12. The van der Waals surface area contributed by atoms with Crippen LogP contribution in [0, 0.1) is 0 Å². The van der Waals surface area contributed by atoms with Crippen LogP contribution in [0.4, 0.5) is 13.2 Å². The highest BCUT2D eigenvalue weighted by Crippen LogP contribution is 2.14. The first kappa shape index (κ1) is 16.2. The van der Waals surface area contributed by atoms with Gasteiger partial charge in [0.25, 0.3) is 0 Å². The number of ether oxygens (including phenoxy) is 2. The van der Waals surface area contributed by atoms with Crippen molar-refractivity contribution in [2.24, 2.45) is 0 Å². The summed E-state index contributed by atoms with van der Waals surface area (Å²) in [6.07, 6.45) is -4.10. The zero-order valence-corrected chi connectivity index (χ0v) is 10.8. The van der Waals surface area contributed by atoms with E-state index >= 15 is 0 Å². The zero-order valence-electron chi connectivity index (χ0n) is 10.8. The lowest BCUT2D eigenvalue weighted by atomic mass is 10.2. The minimum atomic E-state index is -4.34. The molecule has 0 aliphatic carbocycles. The van der Waals surface area contributed by atoms with Crippen LogP contribution in [0.15, 0.2) is 0 Å². The number of hydrogen-bond donors (Lipinski definition) is 2. The van der Waals surface area contributed by atoms with Crippen molar-refractivity contribution < 1.29 is 27.4 Å². The van der Waals surface area contributed by atoms with Crippen LogP contribution in [0.2, 0.25) is 0 Å². The van der Waals surface area contributed by atoms with E-state index in [2.05, 4.69) is 15.4 Å². The third-order valence-corrected chi connectivity index (χ3v) is 2.47. The maximum Gasteiger partial charge on any atom is 0.411 e. The van der Waals surface area contributed by atoms with Crippen LogP contribution in [0.1, 0.15) is 13.3 Å². The molecule has 1 aliphatic rings. The third kappa shape index (κ3) is 8.02. The van der Waals surface area contributed by atoms with E-state index in [0.717, 1.165) is 0 Å². The fraction of sp³-hybridized carbons (Fsp3) is 0.909. The molecule has 0 radical (unpaired) electrons. The van der Waals surface area contributed by atoms with Gasteiger partial charge in [0.1, 0.15) is 6.61 Å². The second-order valence-electron chi connectivity index (χ2n) is 4.53. The van der Waals surface area contributed by atoms with Crippen LogP contribution < -0.4 is 10.6 Å². The Kier molecular flexibility index (Phi) is 6.53. The highest BCUT2D eigenvalue weighted by Gasteiger charge is 2.27. The predicted molar refractivity (Wildman–Crippen MR) is 61.7 cm³/mol. The minimum absolute atomic E-state index is 0.0444. The van der Waals surface area contributed by atoms with Crippen molar-refractivity contribution in [1.82, 2.24) is 10.6 Å². The Balaban J connectivity index is 2.13. The summed E-state index contributed by atoms with van der Waals surface area (Å²) in [6.45, 7) is 1.92. The zero-order chi connectivity index (χ0) is 14.3. The van der Waals surface area contributed by atoms with Crippen LogP contribution in [0.3, 0.4) is 0 Å². The van der Waals surface area contributed by atoms with Gasteiger partial charge in [0.2, 0.25) is 5.91 Å². The second kappa shape index (κ2) is 7.66. The first-order valence-corrected chi connectivity index (χ1v) is 6.12. The van der Waals surface area contributed by atoms with Crippen LogP contribution in [0.25, 0.3) is 0 Å². The molecule has 0 aromatic carbocycles. The molecule has 1 saturated heterocycles. The van der Waals surface area contributed by atoms with E-state index in [4.69, 9.17) is 4.74 Å². The number of amides is 1. The molecule has 2 unspecified atom stereocenters. The van der Waals surface area contributed by atoms with Crippen molar-refractivity contribution in [3.8, 4) is 0 Å². The summed E-state index contributed by atoms with van der Waals surface area (Å²) < 4.78 is 45.2. The average molecular weight is 284 g/mol. The van der Waals surface area contributed by atoms with E-state index in [0.29, 0.717) is 19.8 Å². The number of morpholine rings is 1. The fourth-order valence-corrected chi connectivity index (χ4v) is 1.70. The van der Waals surface area contributed by atoms with Gasteiger partial charge in [0, 0.05) is 25.0 Å². The molecule has 1 fully saturated rings. The molecule has 0 aromatic heterocycles. The van der Waals surface area contributed by atoms with Gasteiger partial charge in [0.05, 0.1) is 19.8 Å². The molecular formula is C11H19F3N2O3. The van der Waals surface area contributed by atoms with Crippen LogP contribution in [0.5, 0.6) is 0 Å². The molecule has 1 heterocycles. The molecule has 0 bridgehead atoms. The summed E-state index contributed by atoms with van der Waals surface area (Å²) in [5.41, 5.74) is 0. The Hall–Kier alpha value is -0.860. The molecule has 1 rings (SSSR count). The van der Waals surface area contributed by atoms with Gasteiger partial charge in [-0.2, -0.15) is 13.2 Å². The summed E-state index contributed by atoms with van der Waals surface area (Å²) in [4.78, 5) is 11.6. The molecular weight excluding hydrogens is 265 g/mol. The van der Waals surface area contributed by atoms with E-state index in [-0.39, 0.29) is 25.0 Å². The SMILES string of the molecule is CC(COCC(F)(F)F)NC(=O)CC1COCCN1. The lowest BCUT2D eigenvalue weighted by molar-refractivity contribution is -0.175. The monoisotopic (exact) mass is 284 g/mol. The van der Waals surface area contributed by atoms with E-state index in [9.17, 15) is 18.0 Å². The van der Waals surface area contributed by atoms with Crippen LogP contribution >= 0.6 is 0 Å². The van der Waals surface area contributed by atoms with E-state index in [1.165, 1.54) is 0 Å². The Labute approximate surface area is 109 Å². The smallest absolute Gasteiger partial charge is 0.378 e. The lowest BCUT2D eigenvalue weighted by Crippen LogP contribution is -2.46. The van der Waals surface area contributed by atoms with Gasteiger partial charge in [-0.05, 0) is 6.92 Å².